The smallest absolute Gasteiger partial charge is 0.216 e. The van der Waals surface area contributed by atoms with Crippen LogP contribution in [0.25, 0.3) is 5.76 Å². The van der Waals surface area contributed by atoms with Gasteiger partial charge in [0.05, 0.1) is 5.75 Å². The summed E-state index contributed by atoms with van der Waals surface area (Å²) < 4.78 is 25.6. The number of halogens is 1. The van der Waals surface area contributed by atoms with Gasteiger partial charge in [0.15, 0.2) is 16.7 Å². The van der Waals surface area contributed by atoms with Crippen molar-refractivity contribution in [2.75, 3.05) is 0 Å². The summed E-state index contributed by atoms with van der Waals surface area (Å²) in [6.07, 6.45) is 0. The van der Waals surface area contributed by atoms with Gasteiger partial charge in [-0.1, -0.05) is 24.3 Å². The van der Waals surface area contributed by atoms with Crippen molar-refractivity contribution in [3.63, 3.8) is 0 Å². The molecule has 1 aromatic rings. The molecule has 0 aromatic heterocycles. The Morgan fingerprint density at radius 3 is 2.32 bits per heavy atom. The lowest BCUT2D eigenvalue weighted by atomic mass is 10.1. The standard InChI is InChI=1S/C13H13BrO4S/c1-13(2)12(15)10(14)11(18-13)9-5-3-8(4-6-9)7-19(16)17/h3-6H,7H2,1-2H3,(H,16,17). The van der Waals surface area contributed by atoms with Crippen molar-refractivity contribution in [1.82, 2.24) is 0 Å². The van der Waals surface area contributed by atoms with E-state index in [-0.39, 0.29) is 11.5 Å². The van der Waals surface area contributed by atoms with Gasteiger partial charge in [0, 0.05) is 5.56 Å². The van der Waals surface area contributed by atoms with Gasteiger partial charge in [0.25, 0.3) is 0 Å². The molecule has 1 heterocycles. The topological polar surface area (TPSA) is 63.6 Å². The first-order chi connectivity index (χ1) is 8.81. The highest BCUT2D eigenvalue weighted by Gasteiger charge is 2.41. The van der Waals surface area contributed by atoms with E-state index < -0.39 is 16.7 Å². The van der Waals surface area contributed by atoms with Crippen molar-refractivity contribution in [2.24, 2.45) is 0 Å². The van der Waals surface area contributed by atoms with Crippen LogP contribution in [-0.2, 0) is 26.4 Å². The minimum atomic E-state index is -1.86. The number of carbonyl (C=O) groups is 1. The van der Waals surface area contributed by atoms with Crippen molar-refractivity contribution in [3.8, 4) is 0 Å². The zero-order valence-corrected chi connectivity index (χ0v) is 12.9. The van der Waals surface area contributed by atoms with E-state index in [1.807, 2.05) is 0 Å². The summed E-state index contributed by atoms with van der Waals surface area (Å²) in [5, 5.41) is 0. The van der Waals surface area contributed by atoms with E-state index in [2.05, 4.69) is 15.9 Å². The summed E-state index contributed by atoms with van der Waals surface area (Å²) in [7, 11) is 0. The van der Waals surface area contributed by atoms with E-state index in [1.165, 1.54) is 0 Å². The van der Waals surface area contributed by atoms with Crippen LogP contribution in [0.1, 0.15) is 25.0 Å². The quantitative estimate of drug-likeness (QED) is 0.856. The molecule has 0 saturated heterocycles. The summed E-state index contributed by atoms with van der Waals surface area (Å²) in [6.45, 7) is 3.43. The minimum absolute atomic E-state index is 0.0891. The first-order valence-corrected chi connectivity index (χ1v) is 7.68. The fourth-order valence-corrected chi connectivity index (χ4v) is 3.06. The molecule has 0 saturated carbocycles. The monoisotopic (exact) mass is 344 g/mol. The third-order valence-electron chi connectivity index (χ3n) is 2.81. The normalized spacial score (nSPS) is 19.5. The van der Waals surface area contributed by atoms with Crippen molar-refractivity contribution < 1.29 is 18.3 Å². The summed E-state index contributed by atoms with van der Waals surface area (Å²) in [4.78, 5) is 11.9. The molecule has 0 bridgehead atoms. The van der Waals surface area contributed by atoms with E-state index in [0.29, 0.717) is 10.2 Å². The number of rotatable bonds is 3. The number of carbonyl (C=O) groups excluding carboxylic acids is 1. The van der Waals surface area contributed by atoms with Gasteiger partial charge in [-0.05, 0) is 35.3 Å². The SMILES string of the molecule is CC1(C)OC(c2ccc(CS(=O)O)cc2)=C(Br)C1=O. The van der Waals surface area contributed by atoms with Crippen LogP contribution in [0.3, 0.4) is 0 Å². The van der Waals surface area contributed by atoms with E-state index in [1.54, 1.807) is 38.1 Å². The van der Waals surface area contributed by atoms with Crippen molar-refractivity contribution in [1.29, 1.82) is 0 Å². The lowest BCUT2D eigenvalue weighted by Gasteiger charge is -2.17. The second-order valence-corrected chi connectivity index (χ2v) is 6.47. The van der Waals surface area contributed by atoms with Gasteiger partial charge < -0.3 is 9.29 Å². The van der Waals surface area contributed by atoms with Gasteiger partial charge >= 0.3 is 0 Å². The first-order valence-electron chi connectivity index (χ1n) is 5.61. The summed E-state index contributed by atoms with van der Waals surface area (Å²) in [6, 6.07) is 7.03. The maximum Gasteiger partial charge on any atom is 0.216 e. The Hall–Kier alpha value is -0.980. The van der Waals surface area contributed by atoms with Crippen LogP contribution in [0.2, 0.25) is 0 Å². The van der Waals surface area contributed by atoms with Crippen LogP contribution in [-0.4, -0.2) is 20.1 Å². The molecule has 1 unspecified atom stereocenters. The highest BCUT2D eigenvalue weighted by Crippen LogP contribution is 2.38. The van der Waals surface area contributed by atoms with Gasteiger partial charge in [0.2, 0.25) is 5.78 Å². The molecule has 1 aromatic carbocycles. The fourth-order valence-electron chi connectivity index (χ4n) is 1.79. The molecule has 1 aliphatic rings. The average Bonchev–Trinajstić information content (AvgIpc) is 2.53. The second kappa shape index (κ2) is 5.19. The Kier molecular flexibility index (Phi) is 3.94. The Labute approximate surface area is 122 Å². The molecule has 0 fully saturated rings. The van der Waals surface area contributed by atoms with Gasteiger partial charge in [-0.3, -0.25) is 4.79 Å². The lowest BCUT2D eigenvalue weighted by Crippen LogP contribution is -2.28. The van der Waals surface area contributed by atoms with Crippen LogP contribution in [0.5, 0.6) is 0 Å². The molecule has 0 aliphatic carbocycles. The zero-order valence-electron chi connectivity index (χ0n) is 10.5. The fraction of sp³-hybridized carbons (Fsp3) is 0.308. The average molecular weight is 345 g/mol. The number of ketones is 1. The summed E-state index contributed by atoms with van der Waals surface area (Å²) in [5.74, 6) is 0.501. The molecule has 19 heavy (non-hydrogen) atoms. The van der Waals surface area contributed by atoms with Crippen LogP contribution < -0.4 is 0 Å². The predicted octanol–water partition coefficient (Wildman–Crippen LogP) is 2.85. The molecule has 1 aliphatic heterocycles. The maximum atomic E-state index is 11.9. The highest BCUT2D eigenvalue weighted by atomic mass is 79.9. The van der Waals surface area contributed by atoms with Crippen LogP contribution in [0.15, 0.2) is 28.7 Å². The van der Waals surface area contributed by atoms with Gasteiger partial charge in [-0.25, -0.2) is 4.21 Å². The number of hydrogen-bond donors (Lipinski definition) is 1. The van der Waals surface area contributed by atoms with E-state index in [9.17, 15) is 9.00 Å². The van der Waals surface area contributed by atoms with Crippen LogP contribution >= 0.6 is 15.9 Å². The largest absolute Gasteiger partial charge is 0.478 e. The van der Waals surface area contributed by atoms with Gasteiger partial charge in [-0.15, -0.1) is 0 Å². The Bertz CT molecular complexity index is 575. The Balaban J connectivity index is 2.29. The molecule has 2 rings (SSSR count). The van der Waals surface area contributed by atoms with Gasteiger partial charge in [0.1, 0.15) is 10.2 Å². The Morgan fingerprint density at radius 2 is 1.89 bits per heavy atom. The second-order valence-electron chi connectivity index (χ2n) is 4.75. The van der Waals surface area contributed by atoms with Crippen molar-refractivity contribution >= 4 is 38.6 Å². The molecule has 1 N–H and O–H groups in total. The van der Waals surface area contributed by atoms with Gasteiger partial charge in [-0.2, -0.15) is 0 Å². The molecule has 1 atom stereocenters. The third kappa shape index (κ3) is 2.96. The Morgan fingerprint density at radius 1 is 1.32 bits per heavy atom. The first kappa shape index (κ1) is 14.4. The summed E-state index contributed by atoms with van der Waals surface area (Å²) in [5.41, 5.74) is 0.655. The number of benzene rings is 1. The number of hydrogen-bond acceptors (Lipinski definition) is 3. The molecule has 0 radical (unpaired) electrons. The van der Waals surface area contributed by atoms with E-state index in [4.69, 9.17) is 9.29 Å². The maximum absolute atomic E-state index is 11.9. The highest BCUT2D eigenvalue weighted by molar-refractivity contribution is 9.12. The number of Topliss-reactive ketones (excluding diaryl/α,β-unsaturated/α-hetero) is 1. The van der Waals surface area contributed by atoms with Crippen molar-refractivity contribution in [2.45, 2.75) is 25.2 Å². The predicted molar refractivity (Wildman–Crippen MR) is 76.9 cm³/mol. The third-order valence-corrected chi connectivity index (χ3v) is 4.11. The number of ether oxygens (including phenoxy) is 1. The van der Waals surface area contributed by atoms with Crippen LogP contribution in [0.4, 0.5) is 0 Å². The van der Waals surface area contributed by atoms with Crippen LogP contribution in [0, 0.1) is 0 Å². The molecular weight excluding hydrogens is 332 g/mol. The zero-order chi connectivity index (χ0) is 14.2. The van der Waals surface area contributed by atoms with E-state index >= 15 is 0 Å². The molecule has 102 valence electrons. The molecule has 6 heteroatoms. The lowest BCUT2D eigenvalue weighted by molar-refractivity contribution is -0.125. The molecule has 0 spiro atoms. The molecular formula is C13H13BrO4S. The molecule has 4 nitrogen and oxygen atoms in total. The van der Waals surface area contributed by atoms with E-state index in [0.717, 1.165) is 11.1 Å². The summed E-state index contributed by atoms with van der Waals surface area (Å²) >= 11 is 1.40. The van der Waals surface area contributed by atoms with Crippen molar-refractivity contribution in [3.05, 3.63) is 39.9 Å². The molecule has 0 amide bonds. The minimum Gasteiger partial charge on any atom is -0.478 e.